The van der Waals surface area contributed by atoms with Crippen molar-refractivity contribution in [3.8, 4) is 17.2 Å². The average Bonchev–Trinajstić information content (AvgIpc) is 2.48. The van der Waals surface area contributed by atoms with Crippen LogP contribution in [0.15, 0.2) is 28.7 Å². The smallest absolute Gasteiger partial charge is 0.320 e. The summed E-state index contributed by atoms with van der Waals surface area (Å²) in [7, 11) is 0. The SMILES string of the molecule is N[C@@H](Cc1cc(I)c(Oc2cc(Br)c(O)c(I)c2)c(I)c1)C(=O)O. The highest BCUT2D eigenvalue weighted by Gasteiger charge is 2.16. The van der Waals surface area contributed by atoms with Crippen molar-refractivity contribution >= 4 is 89.7 Å². The van der Waals surface area contributed by atoms with E-state index in [1.807, 2.05) is 34.7 Å². The number of carbonyl (C=O) groups is 1. The lowest BCUT2D eigenvalue weighted by Crippen LogP contribution is -2.32. The van der Waals surface area contributed by atoms with Crippen molar-refractivity contribution in [1.29, 1.82) is 0 Å². The number of hydrogen-bond acceptors (Lipinski definition) is 4. The molecule has 0 bridgehead atoms. The van der Waals surface area contributed by atoms with Gasteiger partial charge in [-0.05, 0) is 120 Å². The summed E-state index contributed by atoms with van der Waals surface area (Å²) in [4.78, 5) is 10.9. The number of nitrogens with two attached hydrogens (primary N) is 1. The number of carboxylic acids is 1. The highest BCUT2D eigenvalue weighted by atomic mass is 127. The predicted molar refractivity (Wildman–Crippen MR) is 120 cm³/mol. The first kappa shape index (κ1) is 20.5. The lowest BCUT2D eigenvalue weighted by Gasteiger charge is -2.14. The van der Waals surface area contributed by atoms with Crippen LogP contribution in [0.2, 0.25) is 0 Å². The fraction of sp³-hybridized carbons (Fsp3) is 0.133. The minimum absolute atomic E-state index is 0.172. The molecular weight excluding hydrogens is 719 g/mol. The Hall–Kier alpha value is 0.140. The number of carboxylic acid groups (broad SMARTS) is 1. The number of aromatic hydroxyl groups is 1. The molecule has 0 heterocycles. The van der Waals surface area contributed by atoms with E-state index in [2.05, 4.69) is 61.1 Å². The summed E-state index contributed by atoms with van der Waals surface area (Å²) in [6.07, 6.45) is 0.254. The molecule has 2 aromatic carbocycles. The fourth-order valence-corrected chi connectivity index (χ4v) is 5.41. The minimum atomic E-state index is -1.02. The fourth-order valence-electron chi connectivity index (χ4n) is 1.89. The molecule has 4 N–H and O–H groups in total. The number of phenolic OH excluding ortho intramolecular Hbond substituents is 1. The molecule has 128 valence electrons. The molecule has 2 rings (SSSR count). The van der Waals surface area contributed by atoms with Gasteiger partial charge in [0.05, 0.1) is 15.2 Å². The van der Waals surface area contributed by atoms with Crippen molar-refractivity contribution in [1.82, 2.24) is 0 Å². The Balaban J connectivity index is 2.30. The third-order valence-corrected chi connectivity index (χ3v) is 6.07. The van der Waals surface area contributed by atoms with Crippen LogP contribution in [0.4, 0.5) is 0 Å². The molecule has 0 fully saturated rings. The maximum Gasteiger partial charge on any atom is 0.320 e. The molecule has 0 aliphatic rings. The van der Waals surface area contributed by atoms with Gasteiger partial charge in [-0.15, -0.1) is 0 Å². The van der Waals surface area contributed by atoms with E-state index in [0.29, 0.717) is 19.5 Å². The number of phenols is 1. The number of aliphatic carboxylic acids is 1. The van der Waals surface area contributed by atoms with Gasteiger partial charge in [0.25, 0.3) is 0 Å². The third-order valence-electron chi connectivity index (χ3n) is 3.04. The molecule has 0 radical (unpaired) electrons. The number of ether oxygens (including phenoxy) is 1. The van der Waals surface area contributed by atoms with Gasteiger partial charge in [0.15, 0.2) is 5.75 Å². The molecule has 0 saturated heterocycles. The zero-order valence-electron chi connectivity index (χ0n) is 11.9. The van der Waals surface area contributed by atoms with Crippen molar-refractivity contribution < 1.29 is 19.7 Å². The normalized spacial score (nSPS) is 12.0. The molecule has 2 aromatic rings. The molecule has 9 heteroatoms. The van der Waals surface area contributed by atoms with Gasteiger partial charge in [0, 0.05) is 0 Å². The highest BCUT2D eigenvalue weighted by Crippen LogP contribution is 2.38. The van der Waals surface area contributed by atoms with Crippen LogP contribution in [-0.2, 0) is 11.2 Å². The number of halogens is 4. The summed E-state index contributed by atoms with van der Waals surface area (Å²) in [6, 6.07) is 6.22. The molecular formula is C15H11BrI3NO4. The Morgan fingerprint density at radius 2 is 1.75 bits per heavy atom. The van der Waals surface area contributed by atoms with Crippen molar-refractivity contribution in [2.24, 2.45) is 5.73 Å². The van der Waals surface area contributed by atoms with E-state index in [1.54, 1.807) is 12.1 Å². The van der Waals surface area contributed by atoms with Gasteiger partial charge in [-0.25, -0.2) is 0 Å². The molecule has 0 aliphatic heterocycles. The van der Waals surface area contributed by atoms with Crippen LogP contribution in [0, 0.1) is 10.7 Å². The average molecular weight is 730 g/mol. The summed E-state index contributed by atoms with van der Waals surface area (Å²) < 4.78 is 8.89. The molecule has 0 amide bonds. The van der Waals surface area contributed by atoms with Crippen molar-refractivity contribution in [2.75, 3.05) is 0 Å². The second-order valence-electron chi connectivity index (χ2n) is 4.88. The first-order chi connectivity index (χ1) is 11.2. The maximum absolute atomic E-state index is 10.9. The van der Waals surface area contributed by atoms with Crippen LogP contribution >= 0.6 is 83.7 Å². The standard InChI is InChI=1S/C15H11BrI3NO4/c16-8-4-7(5-9(17)13(8)21)24-14-10(18)1-6(2-11(14)19)3-12(20)15(22)23/h1-2,4-5,12,21H,3,20H2,(H,22,23)/t12-/m0/s1. The summed E-state index contributed by atoms with van der Waals surface area (Å²) in [6.45, 7) is 0. The molecule has 0 aliphatic carbocycles. The van der Waals surface area contributed by atoms with Crippen LogP contribution in [0.5, 0.6) is 17.2 Å². The lowest BCUT2D eigenvalue weighted by molar-refractivity contribution is -0.138. The van der Waals surface area contributed by atoms with Crippen LogP contribution < -0.4 is 10.5 Å². The Kier molecular flexibility index (Phi) is 7.40. The molecule has 5 nitrogen and oxygen atoms in total. The van der Waals surface area contributed by atoms with E-state index in [-0.39, 0.29) is 12.2 Å². The van der Waals surface area contributed by atoms with E-state index in [4.69, 9.17) is 15.6 Å². The van der Waals surface area contributed by atoms with E-state index in [0.717, 1.165) is 12.7 Å². The number of hydrogen-bond donors (Lipinski definition) is 3. The quantitative estimate of drug-likeness (QED) is 0.388. The van der Waals surface area contributed by atoms with Crippen molar-refractivity contribution in [3.63, 3.8) is 0 Å². The second kappa shape index (κ2) is 8.68. The highest BCUT2D eigenvalue weighted by molar-refractivity contribution is 14.1. The minimum Gasteiger partial charge on any atom is -0.506 e. The summed E-state index contributed by atoms with van der Waals surface area (Å²) in [5, 5.41) is 18.7. The topological polar surface area (TPSA) is 92.8 Å². The lowest BCUT2D eigenvalue weighted by atomic mass is 10.1. The van der Waals surface area contributed by atoms with Gasteiger partial charge in [0.2, 0.25) is 0 Å². The Labute approximate surface area is 187 Å². The van der Waals surface area contributed by atoms with Gasteiger partial charge in [-0.3, -0.25) is 4.79 Å². The monoisotopic (exact) mass is 729 g/mol. The first-order valence-electron chi connectivity index (χ1n) is 6.51. The molecule has 24 heavy (non-hydrogen) atoms. The molecule has 0 spiro atoms. The summed E-state index contributed by atoms with van der Waals surface area (Å²) in [5.74, 6) is 0.418. The van der Waals surface area contributed by atoms with Crippen molar-refractivity contribution in [3.05, 3.63) is 45.0 Å². The van der Waals surface area contributed by atoms with Gasteiger partial charge in [-0.2, -0.15) is 0 Å². The van der Waals surface area contributed by atoms with Crippen molar-refractivity contribution in [2.45, 2.75) is 12.5 Å². The Morgan fingerprint density at radius 3 is 2.25 bits per heavy atom. The Bertz CT molecular complexity index is 754. The molecule has 0 aromatic heterocycles. The number of benzene rings is 2. The second-order valence-corrected chi connectivity index (χ2v) is 9.22. The maximum atomic E-state index is 10.9. The third kappa shape index (κ3) is 5.08. The summed E-state index contributed by atoms with van der Waals surface area (Å²) in [5.41, 5.74) is 6.43. The van der Waals surface area contributed by atoms with Crippen LogP contribution in [0.3, 0.4) is 0 Å². The zero-order chi connectivity index (χ0) is 18.0. The number of rotatable bonds is 5. The van der Waals surface area contributed by atoms with E-state index < -0.39 is 12.0 Å². The predicted octanol–water partition coefficient (Wildman–Crippen LogP) is 4.72. The van der Waals surface area contributed by atoms with Gasteiger partial charge < -0.3 is 20.7 Å². The summed E-state index contributed by atoms with van der Waals surface area (Å²) >= 11 is 9.61. The van der Waals surface area contributed by atoms with Crippen LogP contribution in [-0.4, -0.2) is 22.2 Å². The molecule has 1 atom stereocenters. The van der Waals surface area contributed by atoms with Gasteiger partial charge in [-0.1, -0.05) is 0 Å². The van der Waals surface area contributed by atoms with E-state index in [9.17, 15) is 9.90 Å². The molecule has 0 unspecified atom stereocenters. The van der Waals surface area contributed by atoms with E-state index in [1.165, 1.54) is 0 Å². The van der Waals surface area contributed by atoms with Gasteiger partial charge in [0.1, 0.15) is 17.5 Å². The largest absolute Gasteiger partial charge is 0.506 e. The van der Waals surface area contributed by atoms with Crippen LogP contribution in [0.25, 0.3) is 0 Å². The zero-order valence-corrected chi connectivity index (χ0v) is 20.0. The molecule has 0 saturated carbocycles. The Morgan fingerprint density at radius 1 is 1.17 bits per heavy atom. The van der Waals surface area contributed by atoms with Gasteiger partial charge >= 0.3 is 5.97 Å². The first-order valence-corrected chi connectivity index (χ1v) is 10.5. The van der Waals surface area contributed by atoms with E-state index >= 15 is 0 Å². The van der Waals surface area contributed by atoms with Crippen LogP contribution in [0.1, 0.15) is 5.56 Å².